The molecule has 1 aromatic carbocycles. The van der Waals surface area contributed by atoms with Crippen LogP contribution in [0.1, 0.15) is 17.9 Å². The molecule has 1 aliphatic heterocycles. The van der Waals surface area contributed by atoms with E-state index in [2.05, 4.69) is 4.74 Å². The minimum atomic E-state index is -1.02. The number of hydrogen-bond donors (Lipinski definition) is 2. The molecule has 1 aliphatic rings. The number of hydrogen-bond acceptors (Lipinski definition) is 10. The summed E-state index contributed by atoms with van der Waals surface area (Å²) in [6, 6.07) is 6.44. The van der Waals surface area contributed by atoms with Crippen molar-refractivity contribution >= 4 is 17.8 Å². The topological polar surface area (TPSA) is 173 Å². The average Bonchev–Trinajstić information content (AvgIpc) is 2.76. The van der Waals surface area contributed by atoms with Gasteiger partial charge >= 0.3 is 11.9 Å². The highest BCUT2D eigenvalue weighted by atomic mass is 16.5. The molecule has 0 bridgehead atoms. The molecule has 0 aliphatic carbocycles. The normalized spacial score (nSPS) is 15.5. The first-order valence-electron chi connectivity index (χ1n) is 8.82. The van der Waals surface area contributed by atoms with E-state index in [0.29, 0.717) is 5.56 Å². The largest absolute Gasteiger partial charge is 0.493 e. The number of amides is 1. The fourth-order valence-corrected chi connectivity index (χ4v) is 2.95. The second kappa shape index (κ2) is 10.0. The Morgan fingerprint density at radius 2 is 1.87 bits per heavy atom. The van der Waals surface area contributed by atoms with E-state index < -0.39 is 30.2 Å². The van der Waals surface area contributed by atoms with Gasteiger partial charge in [-0.3, -0.25) is 9.59 Å². The highest BCUT2D eigenvalue weighted by molar-refractivity contribution is 5.93. The molecule has 0 fully saturated rings. The molecule has 164 valence electrons. The maximum atomic E-state index is 12.6. The standard InChI is InChI=1S/C20H21N3O8/c1-27-13-6-10(4-5-12(13)30-9-15(22)24)17-11(8-21)19(23)31-14(7-16(25)28-2)18(17)20(26)29-3/h4-6,17H,7,9,23H2,1-3H3,(H2,22,24). The van der Waals surface area contributed by atoms with Crippen LogP contribution in [0.25, 0.3) is 0 Å². The third-order valence-electron chi connectivity index (χ3n) is 4.33. The van der Waals surface area contributed by atoms with Gasteiger partial charge in [0.1, 0.15) is 23.8 Å². The minimum absolute atomic E-state index is 0.0677. The summed E-state index contributed by atoms with van der Waals surface area (Å²) in [4.78, 5) is 35.4. The Balaban J connectivity index is 2.65. The predicted octanol–water partition coefficient (Wildman–Crippen LogP) is 0.357. The minimum Gasteiger partial charge on any atom is -0.493 e. The maximum Gasteiger partial charge on any atom is 0.338 e. The van der Waals surface area contributed by atoms with Gasteiger partial charge in [-0.2, -0.15) is 5.26 Å². The first-order chi connectivity index (χ1) is 14.8. The molecule has 1 heterocycles. The van der Waals surface area contributed by atoms with Crippen molar-refractivity contribution in [2.75, 3.05) is 27.9 Å². The van der Waals surface area contributed by atoms with Crippen LogP contribution in [0.15, 0.2) is 41.0 Å². The molecule has 0 saturated heterocycles. The molecule has 0 radical (unpaired) electrons. The van der Waals surface area contributed by atoms with Crippen molar-refractivity contribution in [1.29, 1.82) is 5.26 Å². The second-order valence-corrected chi connectivity index (χ2v) is 6.17. The smallest absolute Gasteiger partial charge is 0.338 e. The number of carbonyl (C=O) groups is 3. The number of nitriles is 1. The van der Waals surface area contributed by atoms with Crippen molar-refractivity contribution in [2.24, 2.45) is 11.5 Å². The van der Waals surface area contributed by atoms with Gasteiger partial charge in [0.15, 0.2) is 18.1 Å². The number of rotatable bonds is 8. The number of ether oxygens (including phenoxy) is 5. The quantitative estimate of drug-likeness (QED) is 0.547. The van der Waals surface area contributed by atoms with Gasteiger partial charge in [0.05, 0.1) is 32.8 Å². The second-order valence-electron chi connectivity index (χ2n) is 6.17. The summed E-state index contributed by atoms with van der Waals surface area (Å²) in [5.74, 6) is -3.16. The first kappa shape index (κ1) is 23.1. The van der Waals surface area contributed by atoms with Gasteiger partial charge in [-0.25, -0.2) is 4.79 Å². The lowest BCUT2D eigenvalue weighted by molar-refractivity contribution is -0.140. The van der Waals surface area contributed by atoms with Gasteiger partial charge in [-0.1, -0.05) is 6.07 Å². The number of allylic oxidation sites excluding steroid dienone is 1. The number of nitrogens with two attached hydrogens (primary N) is 2. The number of esters is 2. The van der Waals surface area contributed by atoms with Crippen LogP contribution in [0.5, 0.6) is 11.5 Å². The van der Waals surface area contributed by atoms with Gasteiger partial charge in [0.2, 0.25) is 5.88 Å². The molecule has 1 aromatic rings. The van der Waals surface area contributed by atoms with Crippen LogP contribution >= 0.6 is 0 Å². The molecule has 11 heteroatoms. The molecule has 2 rings (SSSR count). The van der Waals surface area contributed by atoms with E-state index in [1.165, 1.54) is 32.4 Å². The van der Waals surface area contributed by atoms with Crippen molar-refractivity contribution in [2.45, 2.75) is 12.3 Å². The molecule has 11 nitrogen and oxygen atoms in total. The van der Waals surface area contributed by atoms with Crippen LogP contribution in [0.2, 0.25) is 0 Å². The fourth-order valence-electron chi connectivity index (χ4n) is 2.95. The van der Waals surface area contributed by atoms with E-state index in [9.17, 15) is 19.6 Å². The molecule has 0 spiro atoms. The van der Waals surface area contributed by atoms with E-state index in [4.69, 9.17) is 30.4 Å². The van der Waals surface area contributed by atoms with E-state index in [-0.39, 0.29) is 40.9 Å². The Morgan fingerprint density at radius 1 is 1.16 bits per heavy atom. The average molecular weight is 431 g/mol. The zero-order valence-electron chi connectivity index (χ0n) is 17.1. The van der Waals surface area contributed by atoms with Crippen LogP contribution in [0.3, 0.4) is 0 Å². The Morgan fingerprint density at radius 3 is 2.42 bits per heavy atom. The Hall–Kier alpha value is -4.20. The maximum absolute atomic E-state index is 12.6. The first-order valence-corrected chi connectivity index (χ1v) is 8.82. The van der Waals surface area contributed by atoms with Crippen LogP contribution in [-0.4, -0.2) is 45.8 Å². The molecule has 0 saturated carbocycles. The van der Waals surface area contributed by atoms with Crippen LogP contribution < -0.4 is 20.9 Å². The summed E-state index contributed by atoms with van der Waals surface area (Å²) in [6.45, 7) is -0.375. The number of benzene rings is 1. The van der Waals surface area contributed by atoms with Crippen molar-refractivity contribution in [3.05, 3.63) is 46.6 Å². The highest BCUT2D eigenvalue weighted by Crippen LogP contribution is 2.42. The summed E-state index contributed by atoms with van der Waals surface area (Å²) < 4.78 is 25.5. The van der Waals surface area contributed by atoms with Gasteiger partial charge in [-0.05, 0) is 17.7 Å². The lowest BCUT2D eigenvalue weighted by atomic mass is 9.82. The summed E-state index contributed by atoms with van der Waals surface area (Å²) in [5, 5.41) is 9.66. The molecule has 4 N–H and O–H groups in total. The Bertz CT molecular complexity index is 1010. The molecule has 1 atom stereocenters. The van der Waals surface area contributed by atoms with Gasteiger partial charge in [0, 0.05) is 0 Å². The van der Waals surface area contributed by atoms with Gasteiger partial charge in [0.25, 0.3) is 5.91 Å². The van der Waals surface area contributed by atoms with Crippen LogP contribution in [0, 0.1) is 11.3 Å². The van der Waals surface area contributed by atoms with E-state index in [0.717, 1.165) is 7.11 Å². The summed E-state index contributed by atoms with van der Waals surface area (Å²) in [5.41, 5.74) is 11.2. The molecule has 0 aromatic heterocycles. The Labute approximate surface area is 177 Å². The van der Waals surface area contributed by atoms with Gasteiger partial charge in [-0.15, -0.1) is 0 Å². The molecular formula is C20H21N3O8. The summed E-state index contributed by atoms with van der Waals surface area (Å²) in [7, 11) is 3.70. The predicted molar refractivity (Wildman–Crippen MR) is 104 cm³/mol. The number of primary amides is 1. The summed E-state index contributed by atoms with van der Waals surface area (Å²) in [6.07, 6.45) is -0.409. The molecule has 1 amide bonds. The third kappa shape index (κ3) is 5.05. The number of methoxy groups -OCH3 is 3. The third-order valence-corrected chi connectivity index (χ3v) is 4.33. The highest BCUT2D eigenvalue weighted by Gasteiger charge is 2.38. The Kier molecular flexibility index (Phi) is 7.46. The molecule has 1 unspecified atom stereocenters. The lowest BCUT2D eigenvalue weighted by Gasteiger charge is -2.28. The van der Waals surface area contributed by atoms with E-state index in [1.807, 2.05) is 6.07 Å². The zero-order valence-corrected chi connectivity index (χ0v) is 17.1. The van der Waals surface area contributed by atoms with Crippen molar-refractivity contribution in [3.63, 3.8) is 0 Å². The monoisotopic (exact) mass is 431 g/mol. The van der Waals surface area contributed by atoms with Crippen molar-refractivity contribution in [3.8, 4) is 17.6 Å². The molecular weight excluding hydrogens is 410 g/mol. The zero-order chi connectivity index (χ0) is 23.1. The van der Waals surface area contributed by atoms with Gasteiger partial charge < -0.3 is 35.2 Å². The fraction of sp³-hybridized carbons (Fsp3) is 0.300. The number of nitrogens with zero attached hydrogens (tertiary/aromatic N) is 1. The van der Waals surface area contributed by atoms with Crippen LogP contribution in [0.4, 0.5) is 0 Å². The summed E-state index contributed by atoms with van der Waals surface area (Å²) >= 11 is 0. The van der Waals surface area contributed by atoms with Crippen LogP contribution in [-0.2, 0) is 28.6 Å². The number of carbonyl (C=O) groups excluding carboxylic acids is 3. The van der Waals surface area contributed by atoms with E-state index >= 15 is 0 Å². The molecule has 31 heavy (non-hydrogen) atoms. The van der Waals surface area contributed by atoms with E-state index in [1.54, 1.807) is 0 Å². The SMILES string of the molecule is COC(=O)CC1=C(C(=O)OC)C(c2ccc(OCC(N)=O)c(OC)c2)C(C#N)=C(N)O1. The van der Waals surface area contributed by atoms with Crippen molar-refractivity contribution in [1.82, 2.24) is 0 Å². The lowest BCUT2D eigenvalue weighted by Crippen LogP contribution is -2.27. The van der Waals surface area contributed by atoms with Crippen molar-refractivity contribution < 1.29 is 38.1 Å².